The molecule has 0 spiro atoms. The van der Waals surface area contributed by atoms with Crippen molar-refractivity contribution in [3.63, 3.8) is 0 Å². The number of fused-ring (bicyclic) bond motifs is 1. The molecule has 0 aliphatic heterocycles. The van der Waals surface area contributed by atoms with Crippen LogP contribution < -0.4 is 5.32 Å². The molecule has 3 rings (SSSR count). The predicted molar refractivity (Wildman–Crippen MR) is 79.7 cm³/mol. The van der Waals surface area contributed by atoms with Gasteiger partial charge in [-0.1, -0.05) is 6.42 Å². The van der Waals surface area contributed by atoms with Crippen LogP contribution in [0.2, 0.25) is 0 Å². The van der Waals surface area contributed by atoms with E-state index in [0.717, 1.165) is 30.3 Å². The van der Waals surface area contributed by atoms with Crippen molar-refractivity contribution in [2.24, 2.45) is 5.92 Å². The summed E-state index contributed by atoms with van der Waals surface area (Å²) in [5.74, 6) is 0.857. The van der Waals surface area contributed by atoms with Gasteiger partial charge in [0.15, 0.2) is 5.65 Å². The van der Waals surface area contributed by atoms with Gasteiger partial charge in [0, 0.05) is 17.0 Å². The van der Waals surface area contributed by atoms with Crippen molar-refractivity contribution in [1.82, 2.24) is 9.97 Å². The highest BCUT2D eigenvalue weighted by atomic mass is 16.2. The molecule has 1 aliphatic carbocycles. The molecule has 0 saturated heterocycles. The number of carbonyl (C=O) groups is 1. The van der Waals surface area contributed by atoms with Gasteiger partial charge < -0.3 is 5.32 Å². The average Bonchev–Trinajstić information content (AvgIpc) is 2.33. The van der Waals surface area contributed by atoms with Crippen LogP contribution in [0.3, 0.4) is 0 Å². The van der Waals surface area contributed by atoms with Crippen LogP contribution in [0.5, 0.6) is 0 Å². The Bertz CT molecular complexity index is 690. The van der Waals surface area contributed by atoms with Crippen LogP contribution in [0.15, 0.2) is 12.1 Å². The summed E-state index contributed by atoms with van der Waals surface area (Å²) in [6.07, 6.45) is 3.15. The molecule has 0 radical (unpaired) electrons. The minimum absolute atomic E-state index is 0.0867. The molecule has 1 amide bonds. The minimum atomic E-state index is 0.0867. The molecule has 0 aromatic carbocycles. The van der Waals surface area contributed by atoms with Crippen molar-refractivity contribution in [2.45, 2.75) is 40.0 Å². The van der Waals surface area contributed by atoms with Crippen molar-refractivity contribution >= 4 is 22.8 Å². The third kappa shape index (κ3) is 2.15. The highest BCUT2D eigenvalue weighted by Gasteiger charge is 2.25. The summed E-state index contributed by atoms with van der Waals surface area (Å²) >= 11 is 0. The summed E-state index contributed by atoms with van der Waals surface area (Å²) in [6.45, 7) is 6.15. The number of amides is 1. The highest BCUT2D eigenvalue weighted by molar-refractivity contribution is 5.93. The van der Waals surface area contributed by atoms with Crippen molar-refractivity contribution in [2.75, 3.05) is 5.32 Å². The molecule has 0 bridgehead atoms. The van der Waals surface area contributed by atoms with Crippen LogP contribution in [0.25, 0.3) is 11.0 Å². The second-order valence-corrected chi connectivity index (χ2v) is 5.63. The monoisotopic (exact) mass is 269 g/mol. The molecule has 1 aliphatic rings. The second-order valence-electron chi connectivity index (χ2n) is 5.63. The Morgan fingerprint density at radius 1 is 1.15 bits per heavy atom. The fraction of sp³-hybridized carbons (Fsp3) is 0.438. The average molecular weight is 269 g/mol. The molecular formula is C16H19N3O. The molecule has 2 aromatic heterocycles. The number of nitrogens with zero attached hydrogens (tertiary/aromatic N) is 2. The molecule has 1 N–H and O–H groups in total. The summed E-state index contributed by atoms with van der Waals surface area (Å²) in [5, 5.41) is 3.95. The minimum Gasteiger partial charge on any atom is -0.310 e. The number of anilines is 1. The quantitative estimate of drug-likeness (QED) is 0.910. The zero-order valence-corrected chi connectivity index (χ0v) is 12.2. The van der Waals surface area contributed by atoms with E-state index in [1.54, 1.807) is 0 Å². The molecular weight excluding hydrogens is 250 g/mol. The van der Waals surface area contributed by atoms with Crippen LogP contribution in [0, 0.1) is 26.7 Å². The van der Waals surface area contributed by atoms with E-state index >= 15 is 0 Å². The van der Waals surface area contributed by atoms with Gasteiger partial charge in [-0.25, -0.2) is 9.97 Å². The molecule has 2 heterocycles. The van der Waals surface area contributed by atoms with Gasteiger partial charge in [-0.3, -0.25) is 4.79 Å². The number of hydrogen-bond acceptors (Lipinski definition) is 3. The lowest BCUT2D eigenvalue weighted by molar-refractivity contribution is -0.122. The summed E-state index contributed by atoms with van der Waals surface area (Å²) < 4.78 is 0. The fourth-order valence-electron chi connectivity index (χ4n) is 2.51. The Morgan fingerprint density at radius 3 is 2.55 bits per heavy atom. The Morgan fingerprint density at radius 2 is 1.90 bits per heavy atom. The van der Waals surface area contributed by atoms with Gasteiger partial charge in [0.05, 0.1) is 0 Å². The largest absolute Gasteiger partial charge is 0.310 e. The van der Waals surface area contributed by atoms with Crippen molar-refractivity contribution in [1.29, 1.82) is 0 Å². The third-order valence-electron chi connectivity index (χ3n) is 4.39. The molecule has 1 fully saturated rings. The van der Waals surface area contributed by atoms with Crippen molar-refractivity contribution in [3.05, 3.63) is 29.0 Å². The number of hydrogen-bond donors (Lipinski definition) is 1. The molecule has 4 heteroatoms. The van der Waals surface area contributed by atoms with E-state index in [1.807, 2.05) is 19.1 Å². The normalized spacial score (nSPS) is 15.2. The lowest BCUT2D eigenvalue weighted by Crippen LogP contribution is -2.28. The Balaban J connectivity index is 1.94. The first kappa shape index (κ1) is 13.0. The summed E-state index contributed by atoms with van der Waals surface area (Å²) in [6, 6.07) is 3.86. The van der Waals surface area contributed by atoms with Crippen LogP contribution in [-0.4, -0.2) is 15.9 Å². The van der Waals surface area contributed by atoms with Gasteiger partial charge in [-0.15, -0.1) is 0 Å². The number of nitrogens with one attached hydrogen (secondary N) is 1. The van der Waals surface area contributed by atoms with Gasteiger partial charge in [0.1, 0.15) is 5.82 Å². The number of aryl methyl sites for hydroxylation is 2. The van der Waals surface area contributed by atoms with Crippen LogP contribution in [0.1, 0.15) is 36.1 Å². The Labute approximate surface area is 118 Å². The first-order valence-electron chi connectivity index (χ1n) is 7.11. The van der Waals surface area contributed by atoms with E-state index in [2.05, 4.69) is 29.1 Å². The van der Waals surface area contributed by atoms with Gasteiger partial charge in [0.25, 0.3) is 0 Å². The van der Waals surface area contributed by atoms with E-state index in [4.69, 9.17) is 0 Å². The van der Waals surface area contributed by atoms with E-state index in [-0.39, 0.29) is 11.8 Å². The van der Waals surface area contributed by atoms with Crippen molar-refractivity contribution < 1.29 is 4.79 Å². The lowest BCUT2D eigenvalue weighted by Gasteiger charge is -2.23. The zero-order valence-electron chi connectivity index (χ0n) is 12.2. The van der Waals surface area contributed by atoms with Crippen LogP contribution in [-0.2, 0) is 4.79 Å². The predicted octanol–water partition coefficient (Wildman–Crippen LogP) is 3.29. The molecule has 0 unspecified atom stereocenters. The zero-order chi connectivity index (χ0) is 14.3. The Hall–Kier alpha value is -1.97. The number of rotatable bonds is 2. The van der Waals surface area contributed by atoms with E-state index in [0.29, 0.717) is 11.5 Å². The topological polar surface area (TPSA) is 54.9 Å². The Kier molecular flexibility index (Phi) is 3.16. The maximum absolute atomic E-state index is 11.9. The van der Waals surface area contributed by atoms with Crippen molar-refractivity contribution in [3.8, 4) is 0 Å². The number of pyridine rings is 2. The van der Waals surface area contributed by atoms with E-state index in [1.165, 1.54) is 11.1 Å². The molecule has 2 aromatic rings. The first-order chi connectivity index (χ1) is 9.56. The maximum atomic E-state index is 11.9. The van der Waals surface area contributed by atoms with Gasteiger partial charge in [-0.2, -0.15) is 0 Å². The number of aromatic nitrogens is 2. The first-order valence-corrected chi connectivity index (χ1v) is 7.11. The molecule has 1 saturated carbocycles. The summed E-state index contributed by atoms with van der Waals surface area (Å²) in [7, 11) is 0. The smallest absolute Gasteiger partial charge is 0.228 e. The fourth-order valence-corrected chi connectivity index (χ4v) is 2.51. The number of carbonyl (C=O) groups excluding carboxylic acids is 1. The molecule has 0 atom stereocenters. The van der Waals surface area contributed by atoms with Gasteiger partial charge in [-0.05, 0) is 56.9 Å². The second kappa shape index (κ2) is 4.85. The van der Waals surface area contributed by atoms with E-state index in [9.17, 15) is 4.79 Å². The molecule has 104 valence electrons. The van der Waals surface area contributed by atoms with Crippen LogP contribution in [0.4, 0.5) is 5.82 Å². The van der Waals surface area contributed by atoms with Gasteiger partial charge >= 0.3 is 0 Å². The van der Waals surface area contributed by atoms with Gasteiger partial charge in [0.2, 0.25) is 5.91 Å². The lowest BCUT2D eigenvalue weighted by atomic mass is 9.85. The summed E-state index contributed by atoms with van der Waals surface area (Å²) in [4.78, 5) is 20.9. The maximum Gasteiger partial charge on any atom is 0.228 e. The molecule has 4 nitrogen and oxygen atoms in total. The summed E-state index contributed by atoms with van der Waals surface area (Å²) in [5.41, 5.74) is 4.10. The standard InChI is InChI=1S/C16H19N3O/c1-9-10(2)13-7-8-14(18-15(13)17-11(9)3)19-16(20)12-5-4-6-12/h7-8,12H,4-6H2,1-3H3,(H,17,18,19,20). The van der Waals surface area contributed by atoms with Crippen LogP contribution >= 0.6 is 0 Å². The third-order valence-corrected chi connectivity index (χ3v) is 4.39. The SMILES string of the molecule is Cc1nc2nc(NC(=O)C3CCC3)ccc2c(C)c1C. The van der Waals surface area contributed by atoms with E-state index < -0.39 is 0 Å². The molecule has 20 heavy (non-hydrogen) atoms. The highest BCUT2D eigenvalue weighted by Crippen LogP contribution is 2.28.